The van der Waals surface area contributed by atoms with Crippen LogP contribution in [-0.4, -0.2) is 21.5 Å². The molecule has 0 radical (unpaired) electrons. The molecule has 1 aromatic heterocycles. The first-order chi connectivity index (χ1) is 8.47. The fourth-order valence-corrected chi connectivity index (χ4v) is 4.82. The molecule has 0 atom stereocenters. The highest BCUT2D eigenvalue weighted by molar-refractivity contribution is 9.11. The Bertz CT molecular complexity index is 549. The lowest BCUT2D eigenvalue weighted by Gasteiger charge is -2.05. The zero-order valence-corrected chi connectivity index (χ0v) is 13.0. The molecule has 0 aromatic carbocycles. The molecule has 0 spiro atoms. The molecule has 0 saturated heterocycles. The van der Waals surface area contributed by atoms with Crippen molar-refractivity contribution in [1.82, 2.24) is 4.72 Å². The highest BCUT2D eigenvalue weighted by Gasteiger charge is 2.18. The first kappa shape index (κ1) is 15.5. The minimum atomic E-state index is -3.44. The Hall–Kier alpha value is -0.600. The number of sulfonamides is 1. The van der Waals surface area contributed by atoms with Gasteiger partial charge in [0.25, 0.3) is 0 Å². The fourth-order valence-electron chi connectivity index (χ4n) is 1.33. The summed E-state index contributed by atoms with van der Waals surface area (Å²) in [5.74, 6) is 0. The Labute approximate surface area is 118 Å². The van der Waals surface area contributed by atoms with E-state index in [2.05, 4.69) is 30.7 Å². The van der Waals surface area contributed by atoms with E-state index in [1.165, 1.54) is 11.3 Å². The van der Waals surface area contributed by atoms with Crippen LogP contribution in [0.2, 0.25) is 0 Å². The molecule has 0 saturated carbocycles. The summed E-state index contributed by atoms with van der Waals surface area (Å²) in [6.07, 6.45) is 1.31. The number of aryl methyl sites for hydroxylation is 1. The molecule has 1 aromatic rings. The average Bonchev–Trinajstić information content (AvgIpc) is 2.63. The van der Waals surface area contributed by atoms with E-state index in [4.69, 9.17) is 5.53 Å². The van der Waals surface area contributed by atoms with Crippen molar-refractivity contribution < 1.29 is 8.42 Å². The van der Waals surface area contributed by atoms with Crippen LogP contribution < -0.4 is 4.72 Å². The number of thiophene rings is 1. The van der Waals surface area contributed by atoms with Crippen molar-refractivity contribution >= 4 is 37.3 Å². The lowest BCUT2D eigenvalue weighted by molar-refractivity contribution is 0.577. The Morgan fingerprint density at radius 2 is 2.28 bits per heavy atom. The summed E-state index contributed by atoms with van der Waals surface area (Å²) in [5, 5.41) is 3.38. The van der Waals surface area contributed by atoms with Gasteiger partial charge in [-0.05, 0) is 47.3 Å². The molecule has 0 aliphatic rings. The standard InChI is InChI=1S/C9H13BrN4O2S2/c1-7-8(6-9(10)17-7)18(15,16)13-5-3-2-4-12-14-11/h6,13H,2-5H2,1H3. The predicted molar refractivity (Wildman–Crippen MR) is 75.2 cm³/mol. The summed E-state index contributed by atoms with van der Waals surface area (Å²) in [6, 6.07) is 1.60. The van der Waals surface area contributed by atoms with Gasteiger partial charge in [-0.3, -0.25) is 0 Å². The minimum absolute atomic E-state index is 0.314. The second-order valence-electron chi connectivity index (χ2n) is 3.53. The minimum Gasteiger partial charge on any atom is -0.211 e. The van der Waals surface area contributed by atoms with Crippen molar-refractivity contribution in [2.75, 3.05) is 13.1 Å². The molecule has 0 fully saturated rings. The van der Waals surface area contributed by atoms with Crippen molar-refractivity contribution in [3.05, 3.63) is 25.2 Å². The zero-order valence-electron chi connectivity index (χ0n) is 9.76. The van der Waals surface area contributed by atoms with Gasteiger partial charge < -0.3 is 0 Å². The quantitative estimate of drug-likeness (QED) is 0.353. The van der Waals surface area contributed by atoms with Gasteiger partial charge in [0.1, 0.15) is 0 Å². The molecular weight excluding hydrogens is 340 g/mol. The third-order valence-electron chi connectivity index (χ3n) is 2.17. The molecule has 18 heavy (non-hydrogen) atoms. The number of rotatable bonds is 7. The summed E-state index contributed by atoms with van der Waals surface area (Å²) in [7, 11) is -3.44. The van der Waals surface area contributed by atoms with Crippen molar-refractivity contribution in [3.63, 3.8) is 0 Å². The molecule has 1 rings (SSSR count). The van der Waals surface area contributed by atoms with Crippen LogP contribution in [-0.2, 0) is 10.0 Å². The van der Waals surface area contributed by atoms with Crippen LogP contribution in [0, 0.1) is 6.92 Å². The third-order valence-corrected chi connectivity index (χ3v) is 5.44. The second kappa shape index (κ2) is 7.10. The van der Waals surface area contributed by atoms with Crippen molar-refractivity contribution in [2.45, 2.75) is 24.7 Å². The normalized spacial score (nSPS) is 11.2. The Balaban J connectivity index is 2.50. The van der Waals surface area contributed by atoms with E-state index in [1.54, 1.807) is 13.0 Å². The van der Waals surface area contributed by atoms with Gasteiger partial charge in [-0.25, -0.2) is 13.1 Å². The van der Waals surface area contributed by atoms with Crippen LogP contribution in [0.3, 0.4) is 0 Å². The van der Waals surface area contributed by atoms with E-state index < -0.39 is 10.0 Å². The molecule has 0 amide bonds. The topological polar surface area (TPSA) is 94.9 Å². The van der Waals surface area contributed by atoms with Crippen molar-refractivity contribution in [3.8, 4) is 0 Å². The van der Waals surface area contributed by atoms with Crippen LogP contribution in [0.5, 0.6) is 0 Å². The molecular formula is C9H13BrN4O2S2. The van der Waals surface area contributed by atoms with Gasteiger partial charge in [-0.15, -0.1) is 11.3 Å². The van der Waals surface area contributed by atoms with Gasteiger partial charge in [0.2, 0.25) is 10.0 Å². The lowest BCUT2D eigenvalue weighted by Crippen LogP contribution is -2.25. The van der Waals surface area contributed by atoms with E-state index >= 15 is 0 Å². The van der Waals surface area contributed by atoms with E-state index in [1.807, 2.05) is 0 Å². The SMILES string of the molecule is Cc1sc(Br)cc1S(=O)(=O)NCCCCN=[N+]=[N-]. The van der Waals surface area contributed by atoms with E-state index in [0.717, 1.165) is 8.66 Å². The number of hydrogen-bond donors (Lipinski definition) is 1. The van der Waals surface area contributed by atoms with Crippen LogP contribution in [0.25, 0.3) is 10.4 Å². The summed E-state index contributed by atoms with van der Waals surface area (Å²) in [5.41, 5.74) is 8.08. The Morgan fingerprint density at radius 3 is 2.83 bits per heavy atom. The first-order valence-electron chi connectivity index (χ1n) is 5.24. The molecule has 0 aliphatic carbocycles. The smallest absolute Gasteiger partial charge is 0.211 e. The maximum atomic E-state index is 11.9. The average molecular weight is 353 g/mol. The van der Waals surface area contributed by atoms with Gasteiger partial charge in [-0.2, -0.15) is 0 Å². The highest BCUT2D eigenvalue weighted by Crippen LogP contribution is 2.29. The number of unbranched alkanes of at least 4 members (excludes halogenated alkanes) is 1. The van der Waals surface area contributed by atoms with Crippen LogP contribution >= 0.6 is 27.3 Å². The van der Waals surface area contributed by atoms with Crippen molar-refractivity contribution in [1.29, 1.82) is 0 Å². The van der Waals surface area contributed by atoms with Crippen LogP contribution in [0.4, 0.5) is 0 Å². The van der Waals surface area contributed by atoms with Gasteiger partial charge in [0.15, 0.2) is 0 Å². The first-order valence-corrected chi connectivity index (χ1v) is 8.33. The summed E-state index contributed by atoms with van der Waals surface area (Å²) >= 11 is 4.65. The third kappa shape index (κ3) is 4.58. The number of azide groups is 1. The number of hydrogen-bond acceptors (Lipinski definition) is 4. The zero-order chi connectivity index (χ0) is 13.6. The molecule has 1 heterocycles. The van der Waals surface area contributed by atoms with Crippen molar-refractivity contribution in [2.24, 2.45) is 5.11 Å². The lowest BCUT2D eigenvalue weighted by atomic mass is 10.3. The number of nitrogens with one attached hydrogen (secondary N) is 1. The largest absolute Gasteiger partial charge is 0.241 e. The van der Waals surface area contributed by atoms with E-state index in [0.29, 0.717) is 30.8 Å². The predicted octanol–water partition coefficient (Wildman–Crippen LogP) is 3.19. The number of nitrogens with zero attached hydrogens (tertiary/aromatic N) is 3. The Morgan fingerprint density at radius 1 is 1.56 bits per heavy atom. The summed E-state index contributed by atoms with van der Waals surface area (Å²) < 4.78 is 27.2. The van der Waals surface area contributed by atoms with Gasteiger partial charge >= 0.3 is 0 Å². The molecule has 100 valence electrons. The van der Waals surface area contributed by atoms with Gasteiger partial charge in [0.05, 0.1) is 8.68 Å². The van der Waals surface area contributed by atoms with E-state index in [9.17, 15) is 8.42 Å². The van der Waals surface area contributed by atoms with Crippen LogP contribution in [0.1, 0.15) is 17.7 Å². The molecule has 6 nitrogen and oxygen atoms in total. The molecule has 1 N–H and O–H groups in total. The molecule has 0 bridgehead atoms. The highest BCUT2D eigenvalue weighted by atomic mass is 79.9. The monoisotopic (exact) mass is 352 g/mol. The Kier molecular flexibility index (Phi) is 6.10. The number of halogens is 1. The van der Waals surface area contributed by atoms with Gasteiger partial charge in [-0.1, -0.05) is 5.11 Å². The molecule has 0 aliphatic heterocycles. The maximum Gasteiger partial charge on any atom is 0.241 e. The maximum absolute atomic E-state index is 11.9. The fraction of sp³-hybridized carbons (Fsp3) is 0.556. The van der Waals surface area contributed by atoms with Gasteiger partial charge in [0, 0.05) is 22.9 Å². The summed E-state index contributed by atoms with van der Waals surface area (Å²) in [4.78, 5) is 3.69. The van der Waals surface area contributed by atoms with E-state index in [-0.39, 0.29) is 0 Å². The summed E-state index contributed by atoms with van der Waals surface area (Å²) in [6.45, 7) is 2.50. The van der Waals surface area contributed by atoms with Crippen LogP contribution in [0.15, 0.2) is 19.9 Å². The molecule has 9 heteroatoms. The molecule has 0 unspecified atom stereocenters. The second-order valence-corrected chi connectivity index (χ2v) is 7.90.